The van der Waals surface area contributed by atoms with Gasteiger partial charge in [0.15, 0.2) is 6.23 Å². The minimum Gasteiger partial charge on any atom is -0.363 e. The highest BCUT2D eigenvalue weighted by molar-refractivity contribution is 7.95. The molecule has 0 bridgehead atoms. The Hall–Kier alpha value is -5.65. The Morgan fingerprint density at radius 2 is 1.24 bits per heavy atom. The quantitative estimate of drug-likeness (QED) is 0.134. The first-order valence-electron chi connectivity index (χ1n) is 17.6. The Morgan fingerprint density at radius 1 is 0.722 bits per heavy atom. The Labute approximate surface area is 314 Å². The number of rotatable bonds is 12. The molecule has 1 N–H and O–H groups in total. The first kappa shape index (κ1) is 36.7. The summed E-state index contributed by atoms with van der Waals surface area (Å²) >= 11 is 0. The second-order valence-corrected chi connectivity index (χ2v) is 15.2. The van der Waals surface area contributed by atoms with E-state index in [9.17, 15) is 18.0 Å². The molecule has 0 radical (unpaired) electrons. The van der Waals surface area contributed by atoms with Gasteiger partial charge in [0, 0.05) is 11.8 Å². The molecule has 0 saturated carbocycles. The molecule has 3 atom stereocenters. The number of aromatic nitrogens is 2. The largest absolute Gasteiger partial charge is 0.363 e. The van der Waals surface area contributed by atoms with E-state index >= 15 is 0 Å². The van der Waals surface area contributed by atoms with Crippen LogP contribution in [0.15, 0.2) is 177 Å². The molecule has 1 aliphatic heterocycles. The highest BCUT2D eigenvalue weighted by atomic mass is 32.2. The molecule has 0 amide bonds. The number of hydrogen-bond acceptors (Lipinski definition) is 7. The summed E-state index contributed by atoms with van der Waals surface area (Å²) in [7, 11) is -4.23. The van der Waals surface area contributed by atoms with E-state index < -0.39 is 45.1 Å². The maximum absolute atomic E-state index is 14.7. The van der Waals surface area contributed by atoms with Crippen LogP contribution in [0.3, 0.4) is 0 Å². The van der Waals surface area contributed by atoms with Crippen molar-refractivity contribution < 1.29 is 22.6 Å². The third-order valence-corrected chi connectivity index (χ3v) is 11.4. The third kappa shape index (κ3) is 7.42. The summed E-state index contributed by atoms with van der Waals surface area (Å²) in [4.78, 5) is 28.4. The Balaban J connectivity index is 1.39. The molecule has 274 valence electrons. The van der Waals surface area contributed by atoms with Crippen molar-refractivity contribution in [2.24, 2.45) is 0 Å². The van der Waals surface area contributed by atoms with E-state index in [-0.39, 0.29) is 28.6 Å². The monoisotopic (exact) mass is 740 g/mol. The van der Waals surface area contributed by atoms with Crippen molar-refractivity contribution in [2.75, 3.05) is 6.61 Å². The van der Waals surface area contributed by atoms with Crippen molar-refractivity contribution in [3.8, 4) is 0 Å². The molecular formula is C44H40N2O7S. The van der Waals surface area contributed by atoms with Crippen LogP contribution < -0.4 is 11.2 Å². The second-order valence-electron chi connectivity index (χ2n) is 13.2. The summed E-state index contributed by atoms with van der Waals surface area (Å²) in [5, 5.41) is 0. The van der Waals surface area contributed by atoms with E-state index in [2.05, 4.69) is 4.98 Å². The number of benzene rings is 5. The van der Waals surface area contributed by atoms with E-state index in [4.69, 9.17) is 14.2 Å². The molecule has 0 saturated heterocycles. The van der Waals surface area contributed by atoms with Gasteiger partial charge in [0.05, 0.1) is 23.0 Å². The van der Waals surface area contributed by atoms with E-state index in [1.54, 1.807) is 31.2 Å². The third-order valence-electron chi connectivity index (χ3n) is 9.54. The summed E-state index contributed by atoms with van der Waals surface area (Å²) in [6.07, 6.45) is -0.720. The van der Waals surface area contributed by atoms with Gasteiger partial charge >= 0.3 is 5.69 Å². The van der Waals surface area contributed by atoms with Crippen LogP contribution in [-0.2, 0) is 36.3 Å². The molecule has 7 rings (SSSR count). The van der Waals surface area contributed by atoms with Crippen LogP contribution in [-0.4, -0.2) is 36.8 Å². The molecule has 5 aromatic carbocycles. The van der Waals surface area contributed by atoms with Crippen LogP contribution >= 0.6 is 0 Å². The van der Waals surface area contributed by atoms with Crippen molar-refractivity contribution in [1.29, 1.82) is 0 Å². The first-order chi connectivity index (χ1) is 26.2. The molecule has 1 aliphatic rings. The summed E-state index contributed by atoms with van der Waals surface area (Å²) in [6.45, 7) is 3.32. The van der Waals surface area contributed by atoms with E-state index in [1.165, 1.54) is 16.8 Å². The molecule has 9 nitrogen and oxygen atoms in total. The highest BCUT2D eigenvalue weighted by Crippen LogP contribution is 2.42. The summed E-state index contributed by atoms with van der Waals surface area (Å²) in [6, 6.07) is 45.3. The van der Waals surface area contributed by atoms with E-state index in [0.29, 0.717) is 0 Å². The number of nitrogens with one attached hydrogen (secondary N) is 1. The van der Waals surface area contributed by atoms with Crippen molar-refractivity contribution in [3.05, 3.63) is 217 Å². The number of aryl methyl sites for hydroxylation is 2. The SMILES string of the molecule is Cc1ccc(S(=O)(=O)C2=C[C@@H](COC(c3ccccc3)(c3ccccc3)c3ccccc3)O[C@@H](n3cc(C)c(=O)[nH]c3=O)[C@@H]2OCc2ccccc2)cc1. The van der Waals surface area contributed by atoms with Crippen LogP contribution in [0.2, 0.25) is 0 Å². The van der Waals surface area contributed by atoms with Gasteiger partial charge in [0.1, 0.15) is 17.8 Å². The van der Waals surface area contributed by atoms with Gasteiger partial charge in [-0.3, -0.25) is 14.3 Å². The molecule has 54 heavy (non-hydrogen) atoms. The Kier molecular flexibility index (Phi) is 10.7. The lowest BCUT2D eigenvalue weighted by atomic mass is 9.80. The zero-order chi connectivity index (χ0) is 37.7. The fourth-order valence-electron chi connectivity index (χ4n) is 6.78. The van der Waals surface area contributed by atoms with Gasteiger partial charge in [-0.1, -0.05) is 139 Å². The average Bonchev–Trinajstić information content (AvgIpc) is 3.20. The van der Waals surface area contributed by atoms with E-state index in [1.807, 2.05) is 128 Å². The molecule has 6 aromatic rings. The molecule has 0 aliphatic carbocycles. The standard InChI is InChI=1S/C44H40N2O7S/c1-31-23-25-38(26-24-31)54(49,50)39-27-37(53-42(46-28-32(2)41(47)45-43(46)48)40(39)51-29-33-15-7-3-8-16-33)30-52-44(34-17-9-4-10-18-34,35-19-11-5-12-20-35)36-21-13-6-14-22-36/h3-28,37,40,42H,29-30H2,1-2H3,(H,45,47,48)/t37-,40+,42+/m0/s1. The van der Waals surface area contributed by atoms with Crippen molar-refractivity contribution in [1.82, 2.24) is 9.55 Å². The van der Waals surface area contributed by atoms with Crippen LogP contribution in [0.1, 0.15) is 39.6 Å². The lowest BCUT2D eigenvalue weighted by Crippen LogP contribution is -2.46. The summed E-state index contributed by atoms with van der Waals surface area (Å²) < 4.78 is 50.8. The predicted molar refractivity (Wildman–Crippen MR) is 207 cm³/mol. The number of nitrogens with zero attached hydrogens (tertiary/aromatic N) is 1. The zero-order valence-corrected chi connectivity index (χ0v) is 30.7. The van der Waals surface area contributed by atoms with Crippen molar-refractivity contribution in [3.63, 3.8) is 0 Å². The van der Waals surface area contributed by atoms with Gasteiger partial charge in [0.2, 0.25) is 9.84 Å². The van der Waals surface area contributed by atoms with Gasteiger partial charge in [0.25, 0.3) is 5.56 Å². The lowest BCUT2D eigenvalue weighted by molar-refractivity contribution is -0.151. The smallest absolute Gasteiger partial charge is 0.330 e. The summed E-state index contributed by atoms with van der Waals surface area (Å²) in [5.74, 6) is 0. The normalized spacial score (nSPS) is 17.5. The van der Waals surface area contributed by atoms with Gasteiger partial charge in [-0.05, 0) is 54.3 Å². The van der Waals surface area contributed by atoms with Crippen LogP contribution in [0.4, 0.5) is 0 Å². The number of ether oxygens (including phenoxy) is 3. The Morgan fingerprint density at radius 3 is 1.78 bits per heavy atom. The van der Waals surface area contributed by atoms with Gasteiger partial charge in [-0.15, -0.1) is 0 Å². The van der Waals surface area contributed by atoms with Gasteiger partial charge in [-0.25, -0.2) is 13.2 Å². The number of sulfone groups is 1. The molecule has 0 fully saturated rings. The Bertz CT molecular complexity index is 2350. The molecule has 1 aromatic heterocycles. The first-order valence-corrected chi connectivity index (χ1v) is 19.1. The number of hydrogen-bond donors (Lipinski definition) is 1. The number of aromatic amines is 1. The molecule has 2 heterocycles. The average molecular weight is 741 g/mol. The van der Waals surface area contributed by atoms with Gasteiger partial charge in [-0.2, -0.15) is 0 Å². The predicted octanol–water partition coefficient (Wildman–Crippen LogP) is 7.00. The maximum Gasteiger partial charge on any atom is 0.330 e. The molecule has 0 unspecified atom stereocenters. The lowest BCUT2D eigenvalue weighted by Gasteiger charge is -2.40. The maximum atomic E-state index is 14.7. The van der Waals surface area contributed by atoms with Crippen molar-refractivity contribution in [2.45, 2.75) is 49.4 Å². The van der Waals surface area contributed by atoms with Crippen molar-refractivity contribution >= 4 is 9.84 Å². The molecule has 10 heteroatoms. The fraction of sp³-hybridized carbons (Fsp3) is 0.182. The highest BCUT2D eigenvalue weighted by Gasteiger charge is 2.44. The van der Waals surface area contributed by atoms with Crippen LogP contribution in [0.5, 0.6) is 0 Å². The summed E-state index contributed by atoms with van der Waals surface area (Å²) in [5.41, 5.74) is 2.00. The van der Waals surface area contributed by atoms with E-state index in [0.717, 1.165) is 27.8 Å². The van der Waals surface area contributed by atoms with Crippen LogP contribution in [0.25, 0.3) is 0 Å². The fourth-order valence-corrected chi connectivity index (χ4v) is 8.37. The minimum absolute atomic E-state index is 0.0174. The molecular weight excluding hydrogens is 701 g/mol. The second kappa shape index (κ2) is 15.8. The molecule has 0 spiro atoms. The topological polar surface area (TPSA) is 117 Å². The van der Waals surface area contributed by atoms with Crippen LogP contribution in [0, 0.1) is 13.8 Å². The zero-order valence-electron chi connectivity index (χ0n) is 29.9. The number of H-pyrrole nitrogens is 1. The minimum atomic E-state index is -4.23. The van der Waals surface area contributed by atoms with Gasteiger partial charge < -0.3 is 14.2 Å².